The average Bonchev–Trinajstić information content (AvgIpc) is 2.48. The Morgan fingerprint density at radius 2 is 1.62 bits per heavy atom. The van der Waals surface area contributed by atoms with E-state index in [9.17, 15) is 30.8 Å². The summed E-state index contributed by atoms with van der Waals surface area (Å²) in [4.78, 5) is 10.3. The Morgan fingerprint density at radius 1 is 1.04 bits per heavy atom. The van der Waals surface area contributed by atoms with E-state index in [1.165, 1.54) is 0 Å². The van der Waals surface area contributed by atoms with Gasteiger partial charge in [0.2, 0.25) is 0 Å². The van der Waals surface area contributed by atoms with Crippen LogP contribution in [0.4, 0.5) is 23.2 Å². The molecule has 128 valence electrons. The second kappa shape index (κ2) is 6.11. The molecule has 0 atom stereocenters. The maximum atomic E-state index is 13.9. The van der Waals surface area contributed by atoms with Gasteiger partial charge in [0.05, 0.1) is 21.7 Å². The number of halogens is 4. The minimum atomic E-state index is -4.98. The number of nitrogens with one attached hydrogen (secondary N) is 1. The SMILES string of the molecule is O=C(O)c1ccc(S(=O)(=O)Nc2cccc(C(F)(F)F)c2F)cc1. The molecule has 0 saturated heterocycles. The van der Waals surface area contributed by atoms with Gasteiger partial charge in [0.25, 0.3) is 10.0 Å². The summed E-state index contributed by atoms with van der Waals surface area (Å²) >= 11 is 0. The summed E-state index contributed by atoms with van der Waals surface area (Å²) in [7, 11) is -4.39. The molecule has 2 aromatic rings. The Balaban J connectivity index is 2.38. The van der Waals surface area contributed by atoms with Crippen LogP contribution in [0, 0.1) is 5.82 Å². The Kier molecular flexibility index (Phi) is 4.52. The van der Waals surface area contributed by atoms with Crippen molar-refractivity contribution >= 4 is 21.7 Å². The average molecular weight is 363 g/mol. The largest absolute Gasteiger partial charge is 0.478 e. The number of alkyl halides is 3. The summed E-state index contributed by atoms with van der Waals surface area (Å²) in [5.74, 6) is -3.04. The van der Waals surface area contributed by atoms with E-state index >= 15 is 0 Å². The summed E-state index contributed by atoms with van der Waals surface area (Å²) in [6, 6.07) is 6.06. The highest BCUT2D eigenvalue weighted by Crippen LogP contribution is 2.34. The van der Waals surface area contributed by atoms with E-state index in [4.69, 9.17) is 5.11 Å². The molecule has 24 heavy (non-hydrogen) atoms. The molecule has 0 radical (unpaired) electrons. The van der Waals surface area contributed by atoms with Crippen LogP contribution in [-0.2, 0) is 16.2 Å². The van der Waals surface area contributed by atoms with Crippen molar-refractivity contribution in [2.24, 2.45) is 0 Å². The topological polar surface area (TPSA) is 83.5 Å². The summed E-state index contributed by atoms with van der Waals surface area (Å²) in [5, 5.41) is 8.74. The standard InChI is InChI=1S/C14H9F4NO4S/c15-12-10(14(16,17)18)2-1-3-11(12)19-24(22,23)9-6-4-8(5-7-9)13(20)21/h1-7,19H,(H,20,21). The zero-order valence-electron chi connectivity index (χ0n) is 11.6. The molecule has 2 aromatic carbocycles. The molecule has 0 fully saturated rings. The molecule has 10 heteroatoms. The van der Waals surface area contributed by atoms with Crippen molar-refractivity contribution in [2.75, 3.05) is 4.72 Å². The van der Waals surface area contributed by atoms with E-state index in [0.717, 1.165) is 36.4 Å². The molecule has 0 spiro atoms. The zero-order valence-corrected chi connectivity index (χ0v) is 12.5. The molecular weight excluding hydrogens is 354 g/mol. The number of carbonyl (C=O) groups is 1. The molecule has 5 nitrogen and oxygen atoms in total. The zero-order chi connectivity index (χ0) is 18.1. The molecule has 0 bridgehead atoms. The summed E-state index contributed by atoms with van der Waals surface area (Å²) in [6.45, 7) is 0. The number of aromatic carboxylic acids is 1. The molecule has 0 aromatic heterocycles. The fourth-order valence-electron chi connectivity index (χ4n) is 1.81. The smallest absolute Gasteiger partial charge is 0.419 e. The molecule has 0 unspecified atom stereocenters. The number of carboxylic acids is 1. The molecular formula is C14H9F4NO4S. The van der Waals surface area contributed by atoms with Crippen molar-refractivity contribution in [2.45, 2.75) is 11.1 Å². The molecule has 0 amide bonds. The van der Waals surface area contributed by atoms with Gasteiger partial charge in [-0.25, -0.2) is 17.6 Å². The van der Waals surface area contributed by atoms with Gasteiger partial charge in [-0.05, 0) is 36.4 Å². The van der Waals surface area contributed by atoms with Crippen LogP contribution in [0.5, 0.6) is 0 Å². The lowest BCUT2D eigenvalue weighted by molar-refractivity contribution is -0.139. The Morgan fingerprint density at radius 3 is 2.12 bits per heavy atom. The van der Waals surface area contributed by atoms with Gasteiger partial charge >= 0.3 is 12.1 Å². The lowest BCUT2D eigenvalue weighted by atomic mass is 10.2. The van der Waals surface area contributed by atoms with E-state index < -0.39 is 44.1 Å². The minimum absolute atomic E-state index is 0.181. The highest BCUT2D eigenvalue weighted by molar-refractivity contribution is 7.92. The lowest BCUT2D eigenvalue weighted by Crippen LogP contribution is -2.16. The van der Waals surface area contributed by atoms with E-state index in [-0.39, 0.29) is 5.56 Å². The van der Waals surface area contributed by atoms with Crippen molar-refractivity contribution < 1.29 is 35.9 Å². The van der Waals surface area contributed by atoms with Crippen LogP contribution in [0.2, 0.25) is 0 Å². The summed E-state index contributed by atoms with van der Waals surface area (Å²) in [6.07, 6.45) is -4.98. The molecule has 0 saturated carbocycles. The van der Waals surface area contributed by atoms with Gasteiger partial charge in [-0.3, -0.25) is 4.72 Å². The molecule has 2 rings (SSSR count). The fourth-order valence-corrected chi connectivity index (χ4v) is 2.87. The molecule has 2 N–H and O–H groups in total. The van der Waals surface area contributed by atoms with Gasteiger partial charge in [0.15, 0.2) is 5.82 Å². The predicted octanol–water partition coefficient (Wildman–Crippen LogP) is 3.34. The van der Waals surface area contributed by atoms with Crippen LogP contribution in [0.1, 0.15) is 15.9 Å². The third kappa shape index (κ3) is 3.65. The van der Waals surface area contributed by atoms with Crippen LogP contribution in [0.15, 0.2) is 47.4 Å². The number of carboxylic acid groups (broad SMARTS) is 1. The van der Waals surface area contributed by atoms with E-state index in [0.29, 0.717) is 6.07 Å². The van der Waals surface area contributed by atoms with E-state index in [2.05, 4.69) is 0 Å². The van der Waals surface area contributed by atoms with E-state index in [1.807, 2.05) is 0 Å². The number of hydrogen-bond donors (Lipinski definition) is 2. The van der Waals surface area contributed by atoms with Crippen LogP contribution < -0.4 is 4.72 Å². The second-order valence-corrected chi connectivity index (χ2v) is 6.28. The van der Waals surface area contributed by atoms with Crippen molar-refractivity contribution in [3.05, 3.63) is 59.4 Å². The number of sulfonamides is 1. The van der Waals surface area contributed by atoms with Gasteiger partial charge in [0, 0.05) is 0 Å². The van der Waals surface area contributed by atoms with Crippen molar-refractivity contribution in [3.63, 3.8) is 0 Å². The monoisotopic (exact) mass is 363 g/mol. The highest BCUT2D eigenvalue weighted by atomic mass is 32.2. The first-order valence-electron chi connectivity index (χ1n) is 6.24. The van der Waals surface area contributed by atoms with Gasteiger partial charge < -0.3 is 5.11 Å². The minimum Gasteiger partial charge on any atom is -0.478 e. The maximum absolute atomic E-state index is 13.9. The second-order valence-electron chi connectivity index (χ2n) is 4.60. The normalized spacial score (nSPS) is 12.0. The highest BCUT2D eigenvalue weighted by Gasteiger charge is 2.35. The maximum Gasteiger partial charge on any atom is 0.419 e. The van der Waals surface area contributed by atoms with Gasteiger partial charge in [-0.15, -0.1) is 0 Å². The summed E-state index contributed by atoms with van der Waals surface area (Å²) < 4.78 is 77.6. The quantitative estimate of drug-likeness (QED) is 0.816. The van der Waals surface area contributed by atoms with Crippen LogP contribution in [0.3, 0.4) is 0 Å². The van der Waals surface area contributed by atoms with Gasteiger partial charge in [-0.1, -0.05) is 6.07 Å². The van der Waals surface area contributed by atoms with Crippen LogP contribution >= 0.6 is 0 Å². The number of rotatable bonds is 4. The lowest BCUT2D eigenvalue weighted by Gasteiger charge is -2.13. The number of benzene rings is 2. The van der Waals surface area contributed by atoms with Gasteiger partial charge in [-0.2, -0.15) is 13.2 Å². The first-order chi connectivity index (χ1) is 11.0. The van der Waals surface area contributed by atoms with Crippen LogP contribution in [0.25, 0.3) is 0 Å². The Bertz CT molecular complexity index is 877. The molecule has 0 aliphatic heterocycles. The molecule has 0 heterocycles. The van der Waals surface area contributed by atoms with Gasteiger partial charge in [0.1, 0.15) is 0 Å². The third-order valence-electron chi connectivity index (χ3n) is 2.96. The van der Waals surface area contributed by atoms with Crippen molar-refractivity contribution in [3.8, 4) is 0 Å². The molecule has 0 aliphatic carbocycles. The number of anilines is 1. The first kappa shape index (κ1) is 17.7. The third-order valence-corrected chi connectivity index (χ3v) is 4.34. The van der Waals surface area contributed by atoms with Crippen molar-refractivity contribution in [1.29, 1.82) is 0 Å². The Hall–Kier alpha value is -2.62. The summed E-state index contributed by atoms with van der Waals surface area (Å²) in [5.41, 5.74) is -2.66. The predicted molar refractivity (Wildman–Crippen MR) is 75.6 cm³/mol. The number of hydrogen-bond acceptors (Lipinski definition) is 3. The fraction of sp³-hybridized carbons (Fsp3) is 0.0714. The van der Waals surface area contributed by atoms with Crippen LogP contribution in [-0.4, -0.2) is 19.5 Å². The Labute approximate surface area is 133 Å². The van der Waals surface area contributed by atoms with E-state index in [1.54, 1.807) is 4.72 Å². The first-order valence-corrected chi connectivity index (χ1v) is 7.72. The van der Waals surface area contributed by atoms with Crippen molar-refractivity contribution in [1.82, 2.24) is 0 Å². The molecule has 0 aliphatic rings.